The molecule has 6 aromatic carbocycles. The van der Waals surface area contributed by atoms with E-state index < -0.39 is 43.9 Å². The lowest BCUT2D eigenvalue weighted by atomic mass is 9.99. The number of hydrogen-bond donors (Lipinski definition) is 0. The fourth-order valence-electron chi connectivity index (χ4n) is 11.1. The fourth-order valence-corrected chi connectivity index (χ4v) is 11.6. The molecule has 0 N–H and O–H groups in total. The monoisotopic (exact) mass is 1910 g/mol. The summed E-state index contributed by atoms with van der Waals surface area (Å²) in [6, 6.07) is 28.1. The first kappa shape index (κ1) is 114. The molecule has 34 heteroatoms. The van der Waals surface area contributed by atoms with Gasteiger partial charge in [-0.2, -0.15) is 0 Å². The highest BCUT2D eigenvalue weighted by atomic mass is 28.3. The van der Waals surface area contributed by atoms with Crippen LogP contribution in [0.5, 0.6) is 0 Å². The summed E-state index contributed by atoms with van der Waals surface area (Å²) >= 11 is 0. The highest BCUT2D eigenvalue weighted by Gasteiger charge is 2.20. The van der Waals surface area contributed by atoms with E-state index in [2.05, 4.69) is 101 Å². The van der Waals surface area contributed by atoms with E-state index in [4.69, 9.17) is 114 Å². The van der Waals surface area contributed by atoms with Gasteiger partial charge < -0.3 is 114 Å². The van der Waals surface area contributed by atoms with Gasteiger partial charge in [-0.05, 0) is 123 Å². The Hall–Kier alpha value is -11.6. The van der Waals surface area contributed by atoms with Gasteiger partial charge in [-0.1, -0.05) is 90.0 Å². The highest BCUT2D eigenvalue weighted by molar-refractivity contribution is 6.83. The van der Waals surface area contributed by atoms with Gasteiger partial charge in [0.25, 0.3) is 0 Å². The molecule has 0 aliphatic rings. The maximum atomic E-state index is 14.2. The molecule has 0 saturated carbocycles. The van der Waals surface area contributed by atoms with Crippen molar-refractivity contribution in [2.24, 2.45) is 10.3 Å². The van der Waals surface area contributed by atoms with Crippen molar-refractivity contribution in [3.05, 3.63) is 204 Å². The van der Waals surface area contributed by atoms with E-state index in [0.29, 0.717) is 153 Å². The molecule has 0 aliphatic heterocycles. The third-order valence-corrected chi connectivity index (χ3v) is 19.2. The van der Waals surface area contributed by atoms with Crippen molar-refractivity contribution in [2.75, 3.05) is 294 Å². The summed E-state index contributed by atoms with van der Waals surface area (Å²) in [6.45, 7) is 19.4. The van der Waals surface area contributed by atoms with Gasteiger partial charge in [-0.15, -0.1) is 10.7 Å². The van der Waals surface area contributed by atoms with Crippen LogP contribution in [0.3, 0.4) is 0 Å². The van der Waals surface area contributed by atoms with E-state index in [1.165, 1.54) is 54.6 Å². The number of nitrogens with zero attached hydrogens (tertiary/aromatic N) is 3. The number of hydrogen-bond acceptors (Lipinski definition) is 32. The van der Waals surface area contributed by atoms with E-state index in [9.17, 15) is 28.8 Å². The first-order chi connectivity index (χ1) is 66.8. The second kappa shape index (κ2) is 70.9. The lowest BCUT2D eigenvalue weighted by molar-refractivity contribution is 0.00552. The SMILES string of the molecule is CCN(CC)N=Nc1ccc(C(=O)OCCOCCOCCOC)cc1C#Cc1ccc(C(=O)OCCOCCOCCOC)cc1C#Cc1ccc(C(=O)OCCOCCOCCOC)cc1C#Cc1ccc(C(=O)OCCOCCOCCOC)cc1C#Cc1ccc(C(=O)OCCOCCOCCOC)cc1C#Cc1ccc(C(=O)OCCOCCOCCOC)cc1C#C[Si](C)(C)C. The average molecular weight is 1920 g/mol. The van der Waals surface area contributed by atoms with Crippen molar-refractivity contribution < 1.29 is 142 Å². The van der Waals surface area contributed by atoms with Crippen molar-refractivity contribution in [1.82, 2.24) is 5.01 Å². The normalized spacial score (nSPS) is 10.9. The summed E-state index contributed by atoms with van der Waals surface area (Å²) in [6.07, 6.45) is 0. The zero-order chi connectivity index (χ0) is 98.4. The van der Waals surface area contributed by atoms with Crippen LogP contribution in [0.1, 0.15) is 137 Å². The van der Waals surface area contributed by atoms with Crippen molar-refractivity contribution in [2.45, 2.75) is 33.5 Å². The summed E-state index contributed by atoms with van der Waals surface area (Å²) in [7, 11) is 7.41. The molecule has 0 bridgehead atoms. The predicted octanol–water partition coefficient (Wildman–Crippen LogP) is 10.3. The van der Waals surface area contributed by atoms with E-state index >= 15 is 0 Å². The molecule has 0 aromatic heterocycles. The molecule has 137 heavy (non-hydrogen) atoms. The van der Waals surface area contributed by atoms with Crippen LogP contribution in [0.2, 0.25) is 19.6 Å². The van der Waals surface area contributed by atoms with Gasteiger partial charge in [0.2, 0.25) is 0 Å². The Kier molecular flexibility index (Phi) is 59.1. The Labute approximate surface area is 804 Å². The third kappa shape index (κ3) is 48.3. The average Bonchev–Trinajstić information content (AvgIpc) is 0.863. The topological polar surface area (TPSA) is 352 Å². The molecule has 0 unspecified atom stereocenters. The number of benzene rings is 6. The van der Waals surface area contributed by atoms with Gasteiger partial charge in [0.1, 0.15) is 53.4 Å². The summed E-state index contributed by atoms with van der Waals surface area (Å²) in [5.74, 6) is 31.5. The van der Waals surface area contributed by atoms with Crippen molar-refractivity contribution in [3.63, 3.8) is 0 Å². The minimum atomic E-state index is -2.06. The zero-order valence-electron chi connectivity index (χ0n) is 80.4. The lowest BCUT2D eigenvalue weighted by Crippen LogP contribution is -2.16. The van der Waals surface area contributed by atoms with Gasteiger partial charge >= 0.3 is 35.8 Å². The van der Waals surface area contributed by atoms with E-state index in [0.717, 1.165) is 0 Å². The van der Waals surface area contributed by atoms with Crippen molar-refractivity contribution >= 4 is 49.6 Å². The van der Waals surface area contributed by atoms with Crippen LogP contribution in [0.15, 0.2) is 120 Å². The molecular weight excluding hydrogens is 1790 g/mol. The molecule has 0 atom stereocenters. The molecule has 6 aromatic rings. The smallest absolute Gasteiger partial charge is 0.338 e. The summed E-state index contributed by atoms with van der Waals surface area (Å²) in [5, 5.41) is 10.7. The van der Waals surface area contributed by atoms with Crippen LogP contribution in [-0.4, -0.2) is 342 Å². The molecule has 0 heterocycles. The first-order valence-electron chi connectivity index (χ1n) is 44.9. The number of carbonyl (C=O) groups is 6. The lowest BCUT2D eigenvalue weighted by Gasteiger charge is -2.11. The van der Waals surface area contributed by atoms with Crippen LogP contribution in [-0.2, 0) is 114 Å². The molecule has 0 saturated heterocycles. The standard InChI is InChI=1S/C103H127N3O30Si/c1-12-106(13-2)105-104-97-35-34-96(103(112)136-72-66-130-60-54-124-48-42-118-8)79-90(97)28-18-83-22-32-94(101(110)134-70-64-128-58-52-122-46-40-116-6)77-88(83)26-16-81-20-30-92(99(108)132-68-62-126-56-50-120-44-38-114-4)75-86(81)24-14-80-19-29-91(98(107)131-67-61-125-55-49-119-43-37-113-3)74-85(80)25-15-82-21-31-93(100(109)133-69-63-127-57-51-121-45-39-115-5)76-87(82)27-17-84-23-33-95(78-89(84)36-73-137(9,10)11)102(111)135-71-65-129-59-53-123-47-41-117-7/h19-23,29-35,74-79H,12-13,37-72H2,1-11H3. The van der Waals surface area contributed by atoms with Crippen molar-refractivity contribution in [3.8, 4) is 70.7 Å². The Morgan fingerprint density at radius 3 is 0.613 bits per heavy atom. The van der Waals surface area contributed by atoms with E-state index in [-0.39, 0.29) is 198 Å². The Balaban J connectivity index is 1.55. The van der Waals surface area contributed by atoms with Crippen LogP contribution in [0.25, 0.3) is 0 Å². The second-order valence-corrected chi connectivity index (χ2v) is 34.5. The molecule has 33 nitrogen and oxygen atoms in total. The van der Waals surface area contributed by atoms with Gasteiger partial charge in [0, 0.05) is 111 Å². The first-order valence-corrected chi connectivity index (χ1v) is 48.4. The Morgan fingerprint density at radius 2 is 0.409 bits per heavy atom. The van der Waals surface area contributed by atoms with E-state index in [1.807, 2.05) is 13.8 Å². The van der Waals surface area contributed by atoms with E-state index in [1.54, 1.807) is 102 Å². The zero-order valence-corrected chi connectivity index (χ0v) is 81.4. The van der Waals surface area contributed by atoms with Gasteiger partial charge in [0.05, 0.1) is 237 Å². The molecule has 6 rings (SSSR count). The van der Waals surface area contributed by atoms with Gasteiger partial charge in [-0.3, -0.25) is 5.01 Å². The number of methoxy groups -OCH3 is 6. The molecule has 0 amide bonds. The third-order valence-electron chi connectivity index (χ3n) is 18.3. The van der Waals surface area contributed by atoms with Gasteiger partial charge in [0.15, 0.2) is 0 Å². The predicted molar refractivity (Wildman–Crippen MR) is 509 cm³/mol. The molecule has 0 aliphatic carbocycles. The van der Waals surface area contributed by atoms with Crippen LogP contribution in [0, 0.1) is 70.7 Å². The molecule has 0 spiro atoms. The van der Waals surface area contributed by atoms with Gasteiger partial charge in [-0.25, -0.2) is 28.8 Å². The maximum absolute atomic E-state index is 14.2. The van der Waals surface area contributed by atoms with Crippen LogP contribution in [0.4, 0.5) is 5.69 Å². The van der Waals surface area contributed by atoms with Crippen molar-refractivity contribution in [1.29, 1.82) is 0 Å². The Morgan fingerprint density at radius 1 is 0.234 bits per heavy atom. The Bertz CT molecular complexity index is 5120. The number of ether oxygens (including phenoxy) is 24. The van der Waals surface area contributed by atoms with Crippen LogP contribution >= 0.6 is 0 Å². The highest BCUT2D eigenvalue weighted by Crippen LogP contribution is 2.25. The minimum absolute atomic E-state index is 0.0253. The molecule has 0 fully saturated rings. The maximum Gasteiger partial charge on any atom is 0.338 e. The minimum Gasteiger partial charge on any atom is -0.460 e. The molecular formula is C103H127N3O30Si. The largest absolute Gasteiger partial charge is 0.460 e. The quantitative estimate of drug-likeness (QED) is 0.00651. The fraction of sp³-hybridized carbons (Fsp3) is 0.476. The number of carbonyl (C=O) groups excluding carboxylic acids is 6. The number of esters is 6. The summed E-state index contributed by atoms with van der Waals surface area (Å²) < 4.78 is 131. The summed E-state index contributed by atoms with van der Waals surface area (Å²) in [5.41, 5.74) is 7.64. The number of rotatable bonds is 64. The van der Waals surface area contributed by atoms with Crippen LogP contribution < -0.4 is 0 Å². The second-order valence-electron chi connectivity index (χ2n) is 29.7. The summed E-state index contributed by atoms with van der Waals surface area (Å²) in [4.78, 5) is 83.7. The molecule has 0 radical (unpaired) electrons. The molecule has 738 valence electrons.